The van der Waals surface area contributed by atoms with Crippen LogP contribution in [0, 0.1) is 0 Å². The molecule has 38 heavy (non-hydrogen) atoms. The molecule has 0 saturated carbocycles. The highest BCUT2D eigenvalue weighted by molar-refractivity contribution is 7.92. The molecular weight excluding hydrogens is 521 g/mol. The first-order valence-electron chi connectivity index (χ1n) is 12.2. The first-order chi connectivity index (χ1) is 18.0. The quantitative estimate of drug-likeness (QED) is 0.424. The minimum absolute atomic E-state index is 0.0116. The van der Waals surface area contributed by atoms with E-state index in [9.17, 15) is 31.2 Å². The summed E-state index contributed by atoms with van der Waals surface area (Å²) in [5.41, 5.74) is -2.84. The SMILES string of the molecule is CC1C(=O)N(c2ccc(S(=O)(=O)C(F)(F)F)cc2)C(=O)N1Cc1ccnc2ccc(N3CCCCC3)cc12. The van der Waals surface area contributed by atoms with Gasteiger partial charge in [0.25, 0.3) is 15.7 Å². The van der Waals surface area contributed by atoms with E-state index in [1.165, 1.54) is 11.3 Å². The van der Waals surface area contributed by atoms with Gasteiger partial charge in [0, 0.05) is 36.9 Å². The number of carbonyl (C=O) groups is 2. The van der Waals surface area contributed by atoms with Gasteiger partial charge in [0.1, 0.15) is 6.04 Å². The van der Waals surface area contributed by atoms with Crippen molar-refractivity contribution in [3.63, 3.8) is 0 Å². The smallest absolute Gasteiger partial charge is 0.372 e. The van der Waals surface area contributed by atoms with Gasteiger partial charge in [0.05, 0.1) is 16.1 Å². The molecule has 1 atom stereocenters. The third-order valence-electron chi connectivity index (χ3n) is 7.07. The average Bonchev–Trinajstić information content (AvgIpc) is 3.11. The summed E-state index contributed by atoms with van der Waals surface area (Å²) in [6.07, 6.45) is 5.09. The number of amides is 3. The summed E-state index contributed by atoms with van der Waals surface area (Å²) in [6.45, 7) is 3.63. The van der Waals surface area contributed by atoms with Crippen LogP contribution in [0.5, 0.6) is 0 Å². The van der Waals surface area contributed by atoms with Crippen LogP contribution in [0.4, 0.5) is 29.3 Å². The van der Waals surface area contributed by atoms with Crippen LogP contribution in [0.2, 0.25) is 0 Å². The number of fused-ring (bicyclic) bond motifs is 1. The van der Waals surface area contributed by atoms with Crippen molar-refractivity contribution in [1.82, 2.24) is 9.88 Å². The molecule has 0 bridgehead atoms. The van der Waals surface area contributed by atoms with Gasteiger partial charge < -0.3 is 9.80 Å². The van der Waals surface area contributed by atoms with Crippen molar-refractivity contribution in [1.29, 1.82) is 0 Å². The number of aromatic nitrogens is 1. The molecule has 200 valence electrons. The third-order valence-corrected chi connectivity index (χ3v) is 8.57. The van der Waals surface area contributed by atoms with E-state index in [1.54, 1.807) is 19.2 Å². The normalized spacial score (nSPS) is 19.1. The third kappa shape index (κ3) is 4.46. The summed E-state index contributed by atoms with van der Waals surface area (Å²) >= 11 is 0. The number of alkyl halides is 3. The molecule has 2 aliphatic heterocycles. The van der Waals surface area contributed by atoms with Gasteiger partial charge in [-0.2, -0.15) is 13.2 Å². The molecule has 2 aromatic carbocycles. The monoisotopic (exact) mass is 546 g/mol. The Balaban J connectivity index is 1.42. The number of pyridine rings is 1. The van der Waals surface area contributed by atoms with Crippen LogP contribution in [-0.4, -0.2) is 54.9 Å². The maximum Gasteiger partial charge on any atom is 0.501 e. The Morgan fingerprint density at radius 3 is 2.26 bits per heavy atom. The zero-order valence-corrected chi connectivity index (χ0v) is 21.3. The van der Waals surface area contributed by atoms with Gasteiger partial charge in [0.15, 0.2) is 0 Å². The molecule has 8 nitrogen and oxygen atoms in total. The van der Waals surface area contributed by atoms with Crippen LogP contribution in [-0.2, 0) is 21.2 Å². The van der Waals surface area contributed by atoms with Crippen molar-refractivity contribution in [3.05, 3.63) is 60.3 Å². The first kappa shape index (κ1) is 26.0. The zero-order chi connectivity index (χ0) is 27.2. The molecule has 3 aromatic rings. The molecule has 5 rings (SSSR count). The highest BCUT2D eigenvalue weighted by Crippen LogP contribution is 2.33. The predicted octanol–water partition coefficient (Wildman–Crippen LogP) is 4.88. The molecule has 2 saturated heterocycles. The maximum atomic E-state index is 13.3. The first-order valence-corrected chi connectivity index (χ1v) is 13.7. The van der Waals surface area contributed by atoms with Gasteiger partial charge in [-0.05, 0) is 80.3 Å². The van der Waals surface area contributed by atoms with Gasteiger partial charge in [-0.15, -0.1) is 0 Å². The molecule has 2 fully saturated rings. The van der Waals surface area contributed by atoms with Crippen molar-refractivity contribution in [2.75, 3.05) is 22.9 Å². The zero-order valence-electron chi connectivity index (χ0n) is 20.5. The molecule has 0 N–H and O–H groups in total. The molecule has 0 radical (unpaired) electrons. The van der Waals surface area contributed by atoms with Crippen molar-refractivity contribution in [2.45, 2.75) is 49.2 Å². The van der Waals surface area contributed by atoms with Gasteiger partial charge in [0.2, 0.25) is 0 Å². The minimum atomic E-state index is -5.55. The van der Waals surface area contributed by atoms with Gasteiger partial charge in [-0.25, -0.2) is 18.1 Å². The van der Waals surface area contributed by atoms with E-state index in [-0.39, 0.29) is 12.2 Å². The lowest BCUT2D eigenvalue weighted by Gasteiger charge is -2.29. The topological polar surface area (TPSA) is 90.9 Å². The van der Waals surface area contributed by atoms with Gasteiger partial charge >= 0.3 is 11.5 Å². The highest BCUT2D eigenvalue weighted by atomic mass is 32.2. The summed E-state index contributed by atoms with van der Waals surface area (Å²) in [4.78, 5) is 34.4. The van der Waals surface area contributed by atoms with Crippen LogP contribution in [0.3, 0.4) is 0 Å². The average molecular weight is 547 g/mol. The van der Waals surface area contributed by atoms with E-state index in [1.807, 2.05) is 18.2 Å². The summed E-state index contributed by atoms with van der Waals surface area (Å²) in [6, 6.07) is 9.86. The lowest BCUT2D eigenvalue weighted by Crippen LogP contribution is -2.33. The number of rotatable bonds is 5. The number of imide groups is 1. The molecular formula is C26H25F3N4O4S. The van der Waals surface area contributed by atoms with E-state index in [4.69, 9.17) is 0 Å². The number of benzene rings is 2. The lowest BCUT2D eigenvalue weighted by atomic mass is 10.1. The summed E-state index contributed by atoms with van der Waals surface area (Å²) in [7, 11) is -5.55. The Bertz CT molecular complexity index is 1500. The van der Waals surface area contributed by atoms with Crippen LogP contribution >= 0.6 is 0 Å². The molecule has 0 spiro atoms. The van der Waals surface area contributed by atoms with E-state index >= 15 is 0 Å². The van der Waals surface area contributed by atoms with Gasteiger partial charge in [-0.1, -0.05) is 0 Å². The molecule has 2 aliphatic rings. The Morgan fingerprint density at radius 2 is 1.61 bits per heavy atom. The van der Waals surface area contributed by atoms with E-state index in [0.29, 0.717) is 0 Å². The molecule has 1 unspecified atom stereocenters. The van der Waals surface area contributed by atoms with Crippen LogP contribution in [0.15, 0.2) is 59.6 Å². The minimum Gasteiger partial charge on any atom is -0.372 e. The fourth-order valence-electron chi connectivity index (χ4n) is 4.92. The number of halogens is 3. The fourth-order valence-corrected chi connectivity index (χ4v) is 5.68. The number of nitrogens with zero attached hydrogens (tertiary/aromatic N) is 4. The van der Waals surface area contributed by atoms with Crippen LogP contribution < -0.4 is 9.80 Å². The van der Waals surface area contributed by atoms with Crippen LogP contribution in [0.25, 0.3) is 10.9 Å². The number of hydrogen-bond donors (Lipinski definition) is 0. The number of carbonyl (C=O) groups excluding carboxylic acids is 2. The van der Waals surface area contributed by atoms with Crippen LogP contribution in [0.1, 0.15) is 31.7 Å². The Morgan fingerprint density at radius 1 is 0.947 bits per heavy atom. The Hall–Kier alpha value is -3.67. The molecule has 12 heteroatoms. The number of urea groups is 1. The van der Waals surface area contributed by atoms with Gasteiger partial charge in [-0.3, -0.25) is 9.78 Å². The Kier molecular flexibility index (Phi) is 6.54. The molecule has 3 amide bonds. The second-order valence-electron chi connectivity index (χ2n) is 9.42. The predicted molar refractivity (Wildman–Crippen MR) is 135 cm³/mol. The largest absolute Gasteiger partial charge is 0.501 e. The van der Waals surface area contributed by atoms with Crippen molar-refractivity contribution < 1.29 is 31.2 Å². The van der Waals surface area contributed by atoms with E-state index in [0.717, 1.165) is 77.3 Å². The lowest BCUT2D eigenvalue weighted by molar-refractivity contribution is -0.119. The summed E-state index contributed by atoms with van der Waals surface area (Å²) in [5.74, 6) is -0.561. The maximum absolute atomic E-state index is 13.3. The highest BCUT2D eigenvalue weighted by Gasteiger charge is 2.47. The molecule has 3 heterocycles. The standard InChI is InChI=1S/C26H25F3N4O4S/c1-17-24(34)33(19-5-8-21(9-6-19)38(36,37)26(27,28)29)25(35)32(17)16-18-11-12-30-23-10-7-20(15-22(18)23)31-13-3-2-4-14-31/h5-12,15,17H,2-4,13-14,16H2,1H3. The van der Waals surface area contributed by atoms with E-state index in [2.05, 4.69) is 9.88 Å². The van der Waals surface area contributed by atoms with E-state index < -0.39 is 38.2 Å². The number of anilines is 2. The fraction of sp³-hybridized carbons (Fsp3) is 0.346. The molecule has 1 aromatic heterocycles. The Labute approximate surface area is 217 Å². The van der Waals surface area contributed by atoms with Crippen molar-refractivity contribution in [2.24, 2.45) is 0 Å². The molecule has 0 aliphatic carbocycles. The number of hydrogen-bond acceptors (Lipinski definition) is 6. The number of sulfone groups is 1. The number of piperidine rings is 1. The summed E-state index contributed by atoms with van der Waals surface area (Å²) in [5, 5.41) is 0.864. The second-order valence-corrected chi connectivity index (χ2v) is 11.4. The van der Waals surface area contributed by atoms with Crippen molar-refractivity contribution >= 4 is 44.1 Å². The summed E-state index contributed by atoms with van der Waals surface area (Å²) < 4.78 is 62.0. The van der Waals surface area contributed by atoms with Crippen molar-refractivity contribution in [3.8, 4) is 0 Å². The second kappa shape index (κ2) is 9.57.